The second-order valence-electron chi connectivity index (χ2n) is 6.47. The zero-order valence-corrected chi connectivity index (χ0v) is 15.3. The van der Waals surface area contributed by atoms with Crippen LogP contribution in [0.4, 0.5) is 14.6 Å². The third-order valence-corrected chi connectivity index (χ3v) is 5.65. The fourth-order valence-electron chi connectivity index (χ4n) is 3.47. The maximum absolute atomic E-state index is 13.4. The molecule has 1 fully saturated rings. The van der Waals surface area contributed by atoms with Crippen molar-refractivity contribution in [3.05, 3.63) is 36.5 Å². The van der Waals surface area contributed by atoms with Crippen molar-refractivity contribution in [2.45, 2.75) is 43.4 Å². The summed E-state index contributed by atoms with van der Waals surface area (Å²) < 4.78 is 29.6. The van der Waals surface area contributed by atoms with E-state index in [1.807, 2.05) is 4.68 Å². The highest BCUT2D eigenvalue weighted by atomic mass is 32.2. The number of anilines is 1. The number of fused-ring (bicyclic) bond motifs is 1. The molecule has 0 radical (unpaired) electrons. The molecule has 0 atom stereocenters. The van der Waals surface area contributed by atoms with Crippen molar-refractivity contribution in [2.75, 3.05) is 11.1 Å². The smallest absolute Gasteiger partial charge is 0.310 e. The Kier molecular flexibility index (Phi) is 5.11. The van der Waals surface area contributed by atoms with Crippen LogP contribution in [0.2, 0.25) is 0 Å². The molecule has 1 saturated carbocycles. The van der Waals surface area contributed by atoms with Crippen molar-refractivity contribution in [2.24, 2.45) is 0 Å². The van der Waals surface area contributed by atoms with Crippen LogP contribution in [0, 0.1) is 0 Å². The first kappa shape index (κ1) is 18.0. The zero-order valence-electron chi connectivity index (χ0n) is 14.5. The van der Waals surface area contributed by atoms with Crippen molar-refractivity contribution in [1.29, 1.82) is 0 Å². The fraction of sp³-hybridized carbons (Fsp3) is 0.389. The number of hydrogen-bond donors (Lipinski definition) is 1. The van der Waals surface area contributed by atoms with Gasteiger partial charge in [-0.1, -0.05) is 36.7 Å². The number of halogens is 2. The molecule has 1 N–H and O–H groups in total. The van der Waals surface area contributed by atoms with Crippen LogP contribution in [0.25, 0.3) is 11.0 Å². The molecule has 0 saturated heterocycles. The molecule has 4 rings (SSSR count). The van der Waals surface area contributed by atoms with E-state index in [1.165, 1.54) is 0 Å². The maximum atomic E-state index is 13.4. The molecule has 0 unspecified atom stereocenters. The van der Waals surface area contributed by atoms with Gasteiger partial charge in [0, 0.05) is 6.07 Å². The van der Waals surface area contributed by atoms with Crippen LogP contribution < -0.4 is 5.32 Å². The Balaban J connectivity index is 1.45. The molecule has 1 aromatic carbocycles. The second kappa shape index (κ2) is 7.67. The van der Waals surface area contributed by atoms with E-state index in [9.17, 15) is 13.6 Å². The molecule has 0 spiro atoms. The van der Waals surface area contributed by atoms with E-state index < -0.39 is 6.55 Å². The summed E-state index contributed by atoms with van der Waals surface area (Å²) in [6, 6.07) is 8.78. The molecule has 1 aliphatic rings. The van der Waals surface area contributed by atoms with Gasteiger partial charge >= 0.3 is 6.55 Å². The summed E-state index contributed by atoms with van der Waals surface area (Å²) >= 11 is 0.999. The van der Waals surface area contributed by atoms with E-state index in [1.54, 1.807) is 36.5 Å². The van der Waals surface area contributed by atoms with E-state index in [2.05, 4.69) is 15.4 Å². The summed E-state index contributed by atoms with van der Waals surface area (Å²) in [5.41, 5.74) is 0.842. The molecule has 0 aliphatic heterocycles. The Morgan fingerprint density at radius 3 is 2.81 bits per heavy atom. The van der Waals surface area contributed by atoms with E-state index in [-0.39, 0.29) is 16.8 Å². The lowest BCUT2D eigenvalue weighted by molar-refractivity contribution is -0.113. The summed E-state index contributed by atoms with van der Waals surface area (Å²) in [5, 5.41) is 7.28. The molecule has 27 heavy (non-hydrogen) atoms. The van der Waals surface area contributed by atoms with Crippen LogP contribution in [0.1, 0.15) is 38.3 Å². The average molecular weight is 391 g/mol. The summed E-state index contributed by atoms with van der Waals surface area (Å²) in [4.78, 5) is 16.6. The molecular weight excluding hydrogens is 372 g/mol. The molecule has 9 heteroatoms. The minimum Gasteiger partial charge on any atom is -0.310 e. The average Bonchev–Trinajstić information content (AvgIpc) is 3.38. The number of aromatic nitrogens is 4. The number of nitrogens with one attached hydrogen (secondary N) is 1. The SMILES string of the molecule is O=C(CSc1nc2ccccc2n1C(F)F)Nc1ccnn1C1CCCC1. The number of para-hydroxylation sites is 2. The van der Waals surface area contributed by atoms with Crippen LogP contribution in [0.5, 0.6) is 0 Å². The summed E-state index contributed by atoms with van der Waals surface area (Å²) in [6.07, 6.45) is 6.10. The van der Waals surface area contributed by atoms with Crippen molar-refractivity contribution in [1.82, 2.24) is 19.3 Å². The van der Waals surface area contributed by atoms with Crippen molar-refractivity contribution in [3.63, 3.8) is 0 Å². The minimum atomic E-state index is -2.72. The van der Waals surface area contributed by atoms with Gasteiger partial charge in [0.1, 0.15) is 5.82 Å². The number of hydrogen-bond acceptors (Lipinski definition) is 4. The van der Waals surface area contributed by atoms with Gasteiger partial charge in [0.15, 0.2) is 5.16 Å². The molecule has 1 aliphatic carbocycles. The number of amides is 1. The Morgan fingerprint density at radius 1 is 1.26 bits per heavy atom. The lowest BCUT2D eigenvalue weighted by atomic mass is 10.2. The number of carbonyl (C=O) groups is 1. The summed E-state index contributed by atoms with van der Waals surface area (Å²) in [6.45, 7) is -2.72. The van der Waals surface area contributed by atoms with Crippen LogP contribution in [-0.2, 0) is 4.79 Å². The molecule has 142 valence electrons. The van der Waals surface area contributed by atoms with E-state index in [0.29, 0.717) is 22.9 Å². The predicted octanol–water partition coefficient (Wildman–Crippen LogP) is 4.47. The number of rotatable bonds is 6. The Morgan fingerprint density at radius 2 is 2.04 bits per heavy atom. The van der Waals surface area contributed by atoms with E-state index in [4.69, 9.17) is 0 Å². The number of thioether (sulfide) groups is 1. The van der Waals surface area contributed by atoms with E-state index >= 15 is 0 Å². The van der Waals surface area contributed by atoms with Crippen molar-refractivity contribution < 1.29 is 13.6 Å². The third kappa shape index (κ3) is 3.69. The van der Waals surface area contributed by atoms with Gasteiger partial charge in [0.2, 0.25) is 5.91 Å². The normalized spacial score (nSPS) is 15.1. The highest BCUT2D eigenvalue weighted by Crippen LogP contribution is 2.32. The van der Waals surface area contributed by atoms with Crippen molar-refractivity contribution in [3.8, 4) is 0 Å². The van der Waals surface area contributed by atoms with Gasteiger partial charge < -0.3 is 5.32 Å². The third-order valence-electron chi connectivity index (χ3n) is 4.70. The lowest BCUT2D eigenvalue weighted by Gasteiger charge is -2.14. The number of imidazole rings is 1. The molecule has 2 heterocycles. The van der Waals surface area contributed by atoms with E-state index in [0.717, 1.165) is 42.0 Å². The molecule has 0 bridgehead atoms. The quantitative estimate of drug-likeness (QED) is 0.630. The first-order valence-corrected chi connectivity index (χ1v) is 9.83. The fourth-order valence-corrected chi connectivity index (χ4v) is 4.29. The monoisotopic (exact) mass is 391 g/mol. The van der Waals surface area contributed by atoms with Crippen LogP contribution in [0.15, 0.2) is 41.7 Å². The number of nitrogens with zero attached hydrogens (tertiary/aromatic N) is 4. The number of benzene rings is 1. The van der Waals surface area contributed by atoms with Gasteiger partial charge in [-0.3, -0.25) is 9.36 Å². The minimum absolute atomic E-state index is 0.00805. The molecular formula is C18H19F2N5OS. The highest BCUT2D eigenvalue weighted by Gasteiger charge is 2.22. The molecule has 1 amide bonds. The second-order valence-corrected chi connectivity index (χ2v) is 7.41. The van der Waals surface area contributed by atoms with Gasteiger partial charge in [0.05, 0.1) is 29.0 Å². The standard InChI is InChI=1S/C18H19F2N5OS/c19-17(20)24-14-8-4-3-7-13(14)22-18(24)27-11-16(26)23-15-9-10-21-25(15)12-5-1-2-6-12/h3-4,7-10,12,17H,1-2,5-6,11H2,(H,23,26). The maximum Gasteiger partial charge on any atom is 0.321 e. The summed E-state index contributed by atoms with van der Waals surface area (Å²) in [7, 11) is 0. The van der Waals surface area contributed by atoms with Gasteiger partial charge in [-0.2, -0.15) is 13.9 Å². The Labute approximate surface area is 158 Å². The topological polar surface area (TPSA) is 64.7 Å². The van der Waals surface area contributed by atoms with Crippen LogP contribution in [0.3, 0.4) is 0 Å². The zero-order chi connectivity index (χ0) is 18.8. The Hall–Kier alpha value is -2.42. The first-order chi connectivity index (χ1) is 13.1. The lowest BCUT2D eigenvalue weighted by Crippen LogP contribution is -2.19. The Bertz CT molecular complexity index is 948. The number of alkyl halides is 2. The predicted molar refractivity (Wildman–Crippen MR) is 100 cm³/mol. The van der Waals surface area contributed by atoms with Gasteiger partial charge in [-0.25, -0.2) is 9.67 Å². The molecule has 3 aromatic rings. The van der Waals surface area contributed by atoms with Crippen molar-refractivity contribution >= 4 is 34.5 Å². The molecule has 6 nitrogen and oxygen atoms in total. The van der Waals surface area contributed by atoms with Gasteiger partial charge in [0.25, 0.3) is 0 Å². The van der Waals surface area contributed by atoms with Crippen LogP contribution in [-0.4, -0.2) is 31.0 Å². The first-order valence-electron chi connectivity index (χ1n) is 8.85. The van der Waals surface area contributed by atoms with Gasteiger partial charge in [-0.05, 0) is 25.0 Å². The van der Waals surface area contributed by atoms with Gasteiger partial charge in [-0.15, -0.1) is 0 Å². The van der Waals surface area contributed by atoms with Crippen LogP contribution >= 0.6 is 11.8 Å². The summed E-state index contributed by atoms with van der Waals surface area (Å²) in [5.74, 6) is 0.369. The molecule has 2 aromatic heterocycles. The number of carbonyl (C=O) groups excluding carboxylic acids is 1. The largest absolute Gasteiger partial charge is 0.321 e. The highest BCUT2D eigenvalue weighted by molar-refractivity contribution is 7.99.